The van der Waals surface area contributed by atoms with Gasteiger partial charge in [-0.1, -0.05) is 12.1 Å². The Morgan fingerprint density at radius 1 is 1.24 bits per heavy atom. The third kappa shape index (κ3) is 3.03. The molecule has 1 amide bonds. The lowest BCUT2D eigenvalue weighted by Crippen LogP contribution is -2.29. The van der Waals surface area contributed by atoms with Crippen LogP contribution in [0.1, 0.15) is 65.1 Å². The molecule has 0 fully saturated rings. The summed E-state index contributed by atoms with van der Waals surface area (Å²) in [5, 5.41) is 7.70. The molecule has 0 radical (unpaired) electrons. The Bertz CT molecular complexity index is 810. The second-order valence-electron chi connectivity index (χ2n) is 7.12. The summed E-state index contributed by atoms with van der Waals surface area (Å²) >= 11 is 0. The first-order chi connectivity index (χ1) is 12.1. The van der Waals surface area contributed by atoms with Gasteiger partial charge in [0.05, 0.1) is 18.3 Å². The van der Waals surface area contributed by atoms with Crippen LogP contribution in [-0.2, 0) is 26.3 Å². The number of carbonyl (C=O) groups excluding carboxylic acids is 1. The standard InChI is InChI=1S/C20H25N3O2/c1-13(14-9-10-18-15(12-14)6-5-11-25-18)21-20(24)19-16-7-3-4-8-17(16)22-23(19)2/h9-10,12-13H,3-8,11H2,1-2H3,(H,21,24)/t13-/m0/s1. The van der Waals surface area contributed by atoms with Crippen molar-refractivity contribution in [1.29, 1.82) is 0 Å². The van der Waals surface area contributed by atoms with E-state index in [1.54, 1.807) is 4.68 Å². The minimum absolute atomic E-state index is 0.0281. The average molecular weight is 339 g/mol. The fraction of sp³-hybridized carbons (Fsp3) is 0.500. The number of ether oxygens (including phenoxy) is 1. The maximum absolute atomic E-state index is 12.9. The van der Waals surface area contributed by atoms with Gasteiger partial charge < -0.3 is 10.1 Å². The first kappa shape index (κ1) is 16.2. The van der Waals surface area contributed by atoms with Crippen LogP contribution < -0.4 is 10.1 Å². The van der Waals surface area contributed by atoms with Gasteiger partial charge in [0.1, 0.15) is 11.4 Å². The molecule has 132 valence electrons. The Kier molecular flexibility index (Phi) is 4.24. The number of aryl methyl sites for hydroxylation is 3. The molecule has 5 nitrogen and oxygen atoms in total. The van der Waals surface area contributed by atoms with Crippen molar-refractivity contribution in [2.24, 2.45) is 7.05 Å². The van der Waals surface area contributed by atoms with Crippen molar-refractivity contribution in [1.82, 2.24) is 15.1 Å². The van der Waals surface area contributed by atoms with E-state index in [1.165, 1.54) is 12.0 Å². The highest BCUT2D eigenvalue weighted by Crippen LogP contribution is 2.28. The second-order valence-corrected chi connectivity index (χ2v) is 7.12. The van der Waals surface area contributed by atoms with E-state index >= 15 is 0 Å². The van der Waals surface area contributed by atoms with Gasteiger partial charge in [-0.3, -0.25) is 9.48 Å². The van der Waals surface area contributed by atoms with Crippen LogP contribution in [0.25, 0.3) is 0 Å². The Hall–Kier alpha value is -2.30. The molecule has 1 N–H and O–H groups in total. The highest BCUT2D eigenvalue weighted by Gasteiger charge is 2.25. The number of aromatic nitrogens is 2. The average Bonchev–Trinajstić information content (AvgIpc) is 2.97. The van der Waals surface area contributed by atoms with E-state index < -0.39 is 0 Å². The van der Waals surface area contributed by atoms with Crippen molar-refractivity contribution in [3.05, 3.63) is 46.3 Å². The first-order valence-electron chi connectivity index (χ1n) is 9.24. The lowest BCUT2D eigenvalue weighted by atomic mass is 9.95. The quantitative estimate of drug-likeness (QED) is 0.935. The minimum Gasteiger partial charge on any atom is -0.493 e. The summed E-state index contributed by atoms with van der Waals surface area (Å²) < 4.78 is 7.43. The summed E-state index contributed by atoms with van der Waals surface area (Å²) in [6, 6.07) is 6.19. The summed E-state index contributed by atoms with van der Waals surface area (Å²) in [5.41, 5.74) is 5.31. The van der Waals surface area contributed by atoms with E-state index in [2.05, 4.69) is 16.5 Å². The van der Waals surface area contributed by atoms with Crippen LogP contribution in [0.3, 0.4) is 0 Å². The predicted octanol–water partition coefficient (Wildman–Crippen LogP) is 3.11. The molecule has 5 heteroatoms. The molecule has 1 aromatic heterocycles. The van der Waals surface area contributed by atoms with Gasteiger partial charge in [-0.05, 0) is 62.6 Å². The zero-order chi connectivity index (χ0) is 17.4. The van der Waals surface area contributed by atoms with Crippen LogP contribution in [0.5, 0.6) is 5.75 Å². The van der Waals surface area contributed by atoms with Crippen molar-refractivity contribution in [2.75, 3.05) is 6.61 Å². The van der Waals surface area contributed by atoms with E-state index in [0.29, 0.717) is 0 Å². The van der Waals surface area contributed by atoms with Crippen LogP contribution in [0.2, 0.25) is 0 Å². The Morgan fingerprint density at radius 2 is 2.08 bits per heavy atom. The number of amides is 1. The van der Waals surface area contributed by atoms with Crippen LogP contribution in [-0.4, -0.2) is 22.3 Å². The number of benzene rings is 1. The molecular weight excluding hydrogens is 314 g/mol. The topological polar surface area (TPSA) is 56.2 Å². The number of nitrogens with one attached hydrogen (secondary N) is 1. The molecule has 1 atom stereocenters. The van der Waals surface area contributed by atoms with Crippen molar-refractivity contribution in [3.63, 3.8) is 0 Å². The molecule has 2 aliphatic rings. The lowest BCUT2D eigenvalue weighted by Gasteiger charge is -2.21. The van der Waals surface area contributed by atoms with Gasteiger partial charge in [0, 0.05) is 12.6 Å². The molecule has 2 aromatic rings. The first-order valence-corrected chi connectivity index (χ1v) is 9.24. The summed E-state index contributed by atoms with van der Waals surface area (Å²) in [6.07, 6.45) is 6.34. The van der Waals surface area contributed by atoms with Crippen molar-refractivity contribution in [2.45, 2.75) is 51.5 Å². The van der Waals surface area contributed by atoms with E-state index in [0.717, 1.165) is 67.0 Å². The Balaban J connectivity index is 1.54. The number of fused-ring (bicyclic) bond motifs is 2. The Labute approximate surface area is 148 Å². The zero-order valence-corrected chi connectivity index (χ0v) is 15.0. The van der Waals surface area contributed by atoms with Crippen LogP contribution in [0.4, 0.5) is 0 Å². The third-order valence-electron chi connectivity index (χ3n) is 5.31. The molecule has 0 bridgehead atoms. The fourth-order valence-corrected chi connectivity index (χ4v) is 3.96. The summed E-state index contributed by atoms with van der Waals surface area (Å²) in [5.74, 6) is 0.953. The van der Waals surface area contributed by atoms with Crippen LogP contribution in [0, 0.1) is 0 Å². The van der Waals surface area contributed by atoms with Crippen LogP contribution >= 0.6 is 0 Å². The molecule has 4 rings (SSSR count). The molecule has 0 unspecified atom stereocenters. The highest BCUT2D eigenvalue weighted by molar-refractivity contribution is 5.94. The largest absolute Gasteiger partial charge is 0.493 e. The zero-order valence-electron chi connectivity index (χ0n) is 15.0. The van der Waals surface area contributed by atoms with Crippen molar-refractivity contribution in [3.8, 4) is 5.75 Å². The molecule has 0 spiro atoms. The lowest BCUT2D eigenvalue weighted by molar-refractivity contribution is 0.0929. The predicted molar refractivity (Wildman–Crippen MR) is 96.0 cm³/mol. The Morgan fingerprint density at radius 3 is 2.96 bits per heavy atom. The number of carbonyl (C=O) groups is 1. The van der Waals surface area contributed by atoms with Crippen LogP contribution in [0.15, 0.2) is 18.2 Å². The third-order valence-corrected chi connectivity index (χ3v) is 5.31. The number of rotatable bonds is 3. The summed E-state index contributed by atoms with van der Waals surface area (Å²) in [4.78, 5) is 12.9. The summed E-state index contributed by atoms with van der Waals surface area (Å²) in [7, 11) is 1.87. The normalized spacial score (nSPS) is 17.2. The highest BCUT2D eigenvalue weighted by atomic mass is 16.5. The minimum atomic E-state index is -0.0473. The SMILES string of the molecule is C[C@H](NC(=O)c1c2c(nn1C)CCCC2)c1ccc2c(c1)CCCO2. The van der Waals surface area contributed by atoms with Gasteiger partial charge >= 0.3 is 0 Å². The molecular formula is C20H25N3O2. The summed E-state index contributed by atoms with van der Waals surface area (Å²) in [6.45, 7) is 2.83. The van der Waals surface area contributed by atoms with Gasteiger partial charge in [-0.25, -0.2) is 0 Å². The molecule has 0 saturated heterocycles. The van der Waals surface area contributed by atoms with E-state index in [-0.39, 0.29) is 11.9 Å². The monoisotopic (exact) mass is 339 g/mol. The van der Waals surface area contributed by atoms with Gasteiger partial charge in [-0.15, -0.1) is 0 Å². The molecule has 1 aliphatic carbocycles. The van der Waals surface area contributed by atoms with E-state index in [4.69, 9.17) is 4.74 Å². The van der Waals surface area contributed by atoms with Gasteiger partial charge in [-0.2, -0.15) is 5.10 Å². The van der Waals surface area contributed by atoms with Gasteiger partial charge in [0.15, 0.2) is 0 Å². The fourth-order valence-electron chi connectivity index (χ4n) is 3.96. The maximum Gasteiger partial charge on any atom is 0.270 e. The van der Waals surface area contributed by atoms with Crippen molar-refractivity contribution >= 4 is 5.91 Å². The number of nitrogens with zero attached hydrogens (tertiary/aromatic N) is 2. The molecule has 0 saturated carbocycles. The molecule has 25 heavy (non-hydrogen) atoms. The van der Waals surface area contributed by atoms with Gasteiger partial charge in [0.2, 0.25) is 0 Å². The van der Waals surface area contributed by atoms with E-state index in [1.807, 2.05) is 26.1 Å². The smallest absolute Gasteiger partial charge is 0.270 e. The molecule has 1 aromatic carbocycles. The molecule has 1 aliphatic heterocycles. The van der Waals surface area contributed by atoms with Gasteiger partial charge in [0.25, 0.3) is 5.91 Å². The second kappa shape index (κ2) is 6.54. The number of hydrogen-bond donors (Lipinski definition) is 1. The van der Waals surface area contributed by atoms with E-state index in [9.17, 15) is 4.79 Å². The molecule has 2 heterocycles. The number of hydrogen-bond acceptors (Lipinski definition) is 3. The van der Waals surface area contributed by atoms with Crippen molar-refractivity contribution < 1.29 is 9.53 Å². The maximum atomic E-state index is 12.9.